The summed E-state index contributed by atoms with van der Waals surface area (Å²) in [6.07, 6.45) is 0. The van der Waals surface area contributed by atoms with Crippen LogP contribution in [0.2, 0.25) is 0 Å². The number of carbonyl (C=O) groups excluding carboxylic acids is 1. The Morgan fingerprint density at radius 1 is 1.00 bits per heavy atom. The van der Waals surface area contributed by atoms with Crippen LogP contribution < -0.4 is 4.90 Å². The highest BCUT2D eigenvalue weighted by Crippen LogP contribution is 2.15. The smallest absolute Gasteiger partial charge is 0.242 e. The van der Waals surface area contributed by atoms with Crippen LogP contribution in [0.15, 0.2) is 59.5 Å². The number of carbonyl (C=O) groups is 1. The molecule has 0 fully saturated rings. The molecule has 0 spiro atoms. The van der Waals surface area contributed by atoms with Crippen molar-refractivity contribution < 1.29 is 13.2 Å². The number of amides is 1. The topological polar surface area (TPSA) is 54.5 Å². The number of hydrogen-bond donors (Lipinski definition) is 0. The third kappa shape index (κ3) is 3.70. The van der Waals surface area contributed by atoms with Gasteiger partial charge < -0.3 is 4.90 Å². The molecule has 2 rings (SSSR count). The van der Waals surface area contributed by atoms with Gasteiger partial charge in [0, 0.05) is 12.7 Å². The number of benzene rings is 2. The molecule has 0 heterocycles. The van der Waals surface area contributed by atoms with Crippen LogP contribution in [0, 0.1) is 6.92 Å². The summed E-state index contributed by atoms with van der Waals surface area (Å²) in [7, 11) is -2.05. The van der Waals surface area contributed by atoms with Crippen LogP contribution in [0.4, 0.5) is 5.69 Å². The van der Waals surface area contributed by atoms with Crippen molar-refractivity contribution in [1.29, 1.82) is 0 Å². The lowest BCUT2D eigenvalue weighted by molar-refractivity contribution is -0.115. The summed E-state index contributed by atoms with van der Waals surface area (Å²) in [6, 6.07) is 15.5. The quantitative estimate of drug-likeness (QED) is 0.871. The number of nitrogens with zero attached hydrogens (tertiary/aromatic N) is 1. The van der Waals surface area contributed by atoms with Crippen molar-refractivity contribution in [3.05, 3.63) is 60.2 Å². The van der Waals surface area contributed by atoms with Crippen molar-refractivity contribution in [2.75, 3.05) is 17.7 Å². The second-order valence-corrected chi connectivity index (χ2v) is 6.85. The molecule has 0 saturated carbocycles. The molecule has 21 heavy (non-hydrogen) atoms. The molecule has 0 atom stereocenters. The van der Waals surface area contributed by atoms with Crippen LogP contribution in [-0.2, 0) is 14.6 Å². The maximum absolute atomic E-state index is 12.2. The van der Waals surface area contributed by atoms with Crippen molar-refractivity contribution >= 4 is 21.4 Å². The summed E-state index contributed by atoms with van der Waals surface area (Å²) in [4.78, 5) is 13.7. The first kappa shape index (κ1) is 15.3. The fraction of sp³-hybridized carbons (Fsp3) is 0.188. The van der Waals surface area contributed by atoms with Crippen molar-refractivity contribution in [3.63, 3.8) is 0 Å². The molecule has 0 radical (unpaired) electrons. The lowest BCUT2D eigenvalue weighted by Gasteiger charge is -2.17. The summed E-state index contributed by atoms with van der Waals surface area (Å²) >= 11 is 0. The minimum Gasteiger partial charge on any atom is -0.315 e. The molecule has 4 nitrogen and oxygen atoms in total. The fourth-order valence-electron chi connectivity index (χ4n) is 1.88. The van der Waals surface area contributed by atoms with E-state index in [1.807, 2.05) is 13.0 Å². The Morgan fingerprint density at radius 2 is 1.57 bits per heavy atom. The highest BCUT2D eigenvalue weighted by Gasteiger charge is 2.22. The molecular weight excluding hydrogens is 286 g/mol. The second kappa shape index (κ2) is 6.10. The number of anilines is 1. The zero-order chi connectivity index (χ0) is 15.5. The van der Waals surface area contributed by atoms with E-state index in [-0.39, 0.29) is 4.90 Å². The van der Waals surface area contributed by atoms with E-state index in [0.29, 0.717) is 5.69 Å². The van der Waals surface area contributed by atoms with E-state index in [0.717, 1.165) is 5.56 Å². The third-order valence-electron chi connectivity index (χ3n) is 3.21. The van der Waals surface area contributed by atoms with Crippen molar-refractivity contribution in [2.45, 2.75) is 11.8 Å². The highest BCUT2D eigenvalue weighted by atomic mass is 32.2. The Kier molecular flexibility index (Phi) is 4.43. The van der Waals surface area contributed by atoms with Gasteiger partial charge in [0.1, 0.15) is 5.75 Å². The predicted octanol–water partition coefficient (Wildman–Crippen LogP) is 2.43. The normalized spacial score (nSPS) is 11.1. The van der Waals surface area contributed by atoms with Crippen molar-refractivity contribution in [3.8, 4) is 0 Å². The van der Waals surface area contributed by atoms with Gasteiger partial charge in [-0.3, -0.25) is 4.79 Å². The highest BCUT2D eigenvalue weighted by molar-refractivity contribution is 7.92. The summed E-state index contributed by atoms with van der Waals surface area (Å²) in [5.74, 6) is -0.997. The molecule has 5 heteroatoms. The number of hydrogen-bond acceptors (Lipinski definition) is 3. The lowest BCUT2D eigenvalue weighted by Crippen LogP contribution is -2.32. The van der Waals surface area contributed by atoms with Crippen molar-refractivity contribution in [2.24, 2.45) is 0 Å². The van der Waals surface area contributed by atoms with E-state index in [1.54, 1.807) is 43.4 Å². The number of para-hydroxylation sites is 1. The van der Waals surface area contributed by atoms with E-state index in [4.69, 9.17) is 0 Å². The Labute approximate surface area is 124 Å². The molecule has 0 N–H and O–H groups in total. The molecule has 0 saturated heterocycles. The third-order valence-corrected chi connectivity index (χ3v) is 4.83. The van der Waals surface area contributed by atoms with Gasteiger partial charge in [-0.1, -0.05) is 35.9 Å². The first-order chi connectivity index (χ1) is 9.90. The molecule has 0 bridgehead atoms. The Balaban J connectivity index is 2.17. The molecule has 0 unspecified atom stereocenters. The SMILES string of the molecule is Cc1ccc(S(=O)(=O)CC(=O)N(C)c2ccccc2)cc1. The summed E-state index contributed by atoms with van der Waals surface area (Å²) in [5.41, 5.74) is 1.64. The fourth-order valence-corrected chi connectivity index (χ4v) is 3.12. The lowest BCUT2D eigenvalue weighted by atomic mass is 10.2. The summed E-state index contributed by atoms with van der Waals surface area (Å²) < 4.78 is 24.5. The standard InChI is InChI=1S/C16H17NO3S/c1-13-8-10-15(11-9-13)21(19,20)12-16(18)17(2)14-6-4-3-5-7-14/h3-11H,12H2,1-2H3. The van der Waals surface area contributed by atoms with E-state index in [1.165, 1.54) is 17.0 Å². The van der Waals surface area contributed by atoms with E-state index < -0.39 is 21.5 Å². The van der Waals surface area contributed by atoms with Gasteiger partial charge in [-0.15, -0.1) is 0 Å². The van der Waals surface area contributed by atoms with E-state index in [2.05, 4.69) is 0 Å². The minimum absolute atomic E-state index is 0.169. The molecule has 0 aromatic heterocycles. The molecule has 0 aliphatic heterocycles. The zero-order valence-electron chi connectivity index (χ0n) is 12.0. The van der Waals surface area contributed by atoms with Gasteiger partial charge in [0.2, 0.25) is 5.91 Å². The van der Waals surface area contributed by atoms with Crippen LogP contribution in [0.3, 0.4) is 0 Å². The van der Waals surface area contributed by atoms with Crippen LogP contribution in [0.1, 0.15) is 5.56 Å². The first-order valence-electron chi connectivity index (χ1n) is 6.51. The molecule has 2 aromatic rings. The largest absolute Gasteiger partial charge is 0.315 e. The maximum Gasteiger partial charge on any atom is 0.242 e. The van der Waals surface area contributed by atoms with E-state index >= 15 is 0 Å². The average Bonchev–Trinajstić information content (AvgIpc) is 2.47. The van der Waals surface area contributed by atoms with Crippen LogP contribution in [-0.4, -0.2) is 27.1 Å². The monoisotopic (exact) mass is 303 g/mol. The molecule has 110 valence electrons. The summed E-state index contributed by atoms with van der Waals surface area (Å²) in [5, 5.41) is 0. The molecule has 2 aromatic carbocycles. The Bertz CT molecular complexity index is 722. The second-order valence-electron chi connectivity index (χ2n) is 4.86. The van der Waals surface area contributed by atoms with Gasteiger partial charge in [-0.2, -0.15) is 0 Å². The van der Waals surface area contributed by atoms with Crippen LogP contribution in [0.5, 0.6) is 0 Å². The molecule has 0 aliphatic carbocycles. The summed E-state index contributed by atoms with van der Waals surface area (Å²) in [6.45, 7) is 1.88. The maximum atomic E-state index is 12.2. The van der Waals surface area contributed by atoms with Gasteiger partial charge in [-0.25, -0.2) is 8.42 Å². The Morgan fingerprint density at radius 3 is 2.14 bits per heavy atom. The minimum atomic E-state index is -3.62. The zero-order valence-corrected chi connectivity index (χ0v) is 12.8. The number of aryl methyl sites for hydroxylation is 1. The van der Waals surface area contributed by atoms with Crippen LogP contribution in [0.25, 0.3) is 0 Å². The number of sulfone groups is 1. The van der Waals surface area contributed by atoms with Gasteiger partial charge in [0.05, 0.1) is 4.90 Å². The van der Waals surface area contributed by atoms with Crippen LogP contribution >= 0.6 is 0 Å². The first-order valence-corrected chi connectivity index (χ1v) is 8.16. The van der Waals surface area contributed by atoms with Gasteiger partial charge in [0.15, 0.2) is 9.84 Å². The van der Waals surface area contributed by atoms with Crippen molar-refractivity contribution in [1.82, 2.24) is 0 Å². The molecular formula is C16H17NO3S. The van der Waals surface area contributed by atoms with Gasteiger partial charge in [-0.05, 0) is 31.2 Å². The van der Waals surface area contributed by atoms with E-state index in [9.17, 15) is 13.2 Å². The van der Waals surface area contributed by atoms with Gasteiger partial charge in [0.25, 0.3) is 0 Å². The molecule has 1 amide bonds. The Hall–Kier alpha value is -2.14. The average molecular weight is 303 g/mol. The number of rotatable bonds is 4. The van der Waals surface area contributed by atoms with Gasteiger partial charge >= 0.3 is 0 Å². The molecule has 0 aliphatic rings. The predicted molar refractivity (Wildman–Crippen MR) is 83.1 cm³/mol.